The lowest BCUT2D eigenvalue weighted by Crippen LogP contribution is -2.47. The van der Waals surface area contributed by atoms with E-state index in [1.54, 1.807) is 24.3 Å². The Morgan fingerprint density at radius 1 is 0.846 bits per heavy atom. The Hall–Kier alpha value is -4.56. The van der Waals surface area contributed by atoms with Crippen LogP contribution in [0.5, 0.6) is 0 Å². The summed E-state index contributed by atoms with van der Waals surface area (Å²) in [6.45, 7) is 5.36. The smallest absolute Gasteiger partial charge is 0.291 e. The molecule has 1 saturated heterocycles. The number of para-hydroxylation sites is 1. The number of hydrogen-bond donors (Lipinski definition) is 3. The predicted octanol–water partition coefficient (Wildman–Crippen LogP) is 4.63. The number of amides is 2. The average molecular weight is 525 g/mol. The van der Waals surface area contributed by atoms with E-state index in [2.05, 4.69) is 45.6 Å². The summed E-state index contributed by atoms with van der Waals surface area (Å²) in [7, 11) is 0. The minimum Gasteiger partial charge on any atom is -0.459 e. The lowest BCUT2D eigenvalue weighted by atomic mass is 10.1. The molecule has 1 aliphatic rings. The number of furan rings is 1. The van der Waals surface area contributed by atoms with Crippen LogP contribution in [0.1, 0.15) is 38.1 Å². The molecule has 0 aliphatic carbocycles. The molecule has 8 heteroatoms. The molecule has 200 valence electrons. The molecule has 1 atom stereocenters. The van der Waals surface area contributed by atoms with Gasteiger partial charge in [-0.15, -0.1) is 0 Å². The van der Waals surface area contributed by atoms with Crippen molar-refractivity contribution in [1.29, 1.82) is 0 Å². The Morgan fingerprint density at radius 3 is 2.23 bits per heavy atom. The Balaban J connectivity index is 1.33. The SMILES string of the molecule is Cc1ccccc1N1CCN(c2ccc(C(=O)NC[C@H](O)c3ccccc3)cc2NC(=O)c2ccco2)CC1. The molecule has 3 N–H and O–H groups in total. The fourth-order valence-electron chi connectivity index (χ4n) is 4.84. The standard InChI is InChI=1S/C31H32N4O4/c1-22-8-5-6-11-26(22)34-15-17-35(18-16-34)27-14-13-24(20-25(27)33-31(38)29-12-7-19-39-29)30(37)32-21-28(36)23-9-3-2-4-10-23/h2-14,19-20,28,36H,15-18,21H2,1H3,(H,32,37)(H,33,38)/t28-/m0/s1. The normalized spacial score (nSPS) is 14.1. The number of aliphatic hydroxyl groups excluding tert-OH is 1. The first-order valence-electron chi connectivity index (χ1n) is 13.1. The second-order valence-electron chi connectivity index (χ2n) is 9.56. The van der Waals surface area contributed by atoms with Crippen molar-refractivity contribution >= 4 is 28.9 Å². The first-order valence-corrected chi connectivity index (χ1v) is 13.1. The molecule has 1 fully saturated rings. The molecular formula is C31H32N4O4. The number of piperazine rings is 1. The molecule has 4 aromatic rings. The van der Waals surface area contributed by atoms with Crippen molar-refractivity contribution in [2.75, 3.05) is 47.8 Å². The van der Waals surface area contributed by atoms with Crippen LogP contribution in [-0.2, 0) is 0 Å². The van der Waals surface area contributed by atoms with Gasteiger partial charge in [-0.3, -0.25) is 9.59 Å². The van der Waals surface area contributed by atoms with E-state index in [0.717, 1.165) is 37.4 Å². The number of carbonyl (C=O) groups is 2. The highest BCUT2D eigenvalue weighted by Gasteiger charge is 2.23. The molecule has 3 aromatic carbocycles. The molecule has 0 spiro atoms. The van der Waals surface area contributed by atoms with Crippen molar-refractivity contribution in [3.05, 3.63) is 114 Å². The molecule has 0 radical (unpaired) electrons. The number of aryl methyl sites for hydroxylation is 1. The number of benzene rings is 3. The summed E-state index contributed by atoms with van der Waals surface area (Å²) in [6, 6.07) is 26.1. The van der Waals surface area contributed by atoms with Crippen molar-refractivity contribution in [2.45, 2.75) is 13.0 Å². The van der Waals surface area contributed by atoms with Crippen molar-refractivity contribution < 1.29 is 19.1 Å². The van der Waals surface area contributed by atoms with Crippen molar-refractivity contribution in [3.63, 3.8) is 0 Å². The molecule has 1 aliphatic heterocycles. The summed E-state index contributed by atoms with van der Waals surface area (Å²) in [5.74, 6) is -0.544. The van der Waals surface area contributed by atoms with Gasteiger partial charge in [-0.05, 0) is 54.4 Å². The fourth-order valence-corrected chi connectivity index (χ4v) is 4.84. The van der Waals surface area contributed by atoms with Crippen LogP contribution in [0.25, 0.3) is 0 Å². The van der Waals surface area contributed by atoms with Crippen molar-refractivity contribution in [3.8, 4) is 0 Å². The summed E-state index contributed by atoms with van der Waals surface area (Å²) in [5, 5.41) is 16.2. The zero-order valence-corrected chi connectivity index (χ0v) is 21.8. The van der Waals surface area contributed by atoms with Gasteiger partial charge >= 0.3 is 0 Å². The Bertz CT molecular complexity index is 1410. The molecule has 5 rings (SSSR count). The van der Waals surface area contributed by atoms with Crippen LogP contribution in [0, 0.1) is 6.92 Å². The van der Waals surface area contributed by atoms with Gasteiger partial charge in [-0.25, -0.2) is 0 Å². The number of hydrogen-bond acceptors (Lipinski definition) is 6. The van der Waals surface area contributed by atoms with Gasteiger partial charge in [0.05, 0.1) is 23.7 Å². The maximum atomic E-state index is 13.0. The Kier molecular flexibility index (Phi) is 7.94. The van der Waals surface area contributed by atoms with E-state index in [9.17, 15) is 14.7 Å². The van der Waals surface area contributed by atoms with Crippen LogP contribution in [-0.4, -0.2) is 49.6 Å². The summed E-state index contributed by atoms with van der Waals surface area (Å²) >= 11 is 0. The first-order chi connectivity index (χ1) is 19.0. The van der Waals surface area contributed by atoms with Gasteiger partial charge in [0.1, 0.15) is 0 Å². The number of rotatable bonds is 8. The number of anilines is 3. The molecule has 1 aromatic heterocycles. The topological polar surface area (TPSA) is 98.0 Å². The number of aliphatic hydroxyl groups is 1. The van der Waals surface area contributed by atoms with E-state index in [0.29, 0.717) is 11.3 Å². The highest BCUT2D eigenvalue weighted by atomic mass is 16.3. The molecular weight excluding hydrogens is 492 g/mol. The van der Waals surface area contributed by atoms with E-state index in [1.165, 1.54) is 17.5 Å². The maximum Gasteiger partial charge on any atom is 0.291 e. The summed E-state index contributed by atoms with van der Waals surface area (Å²) in [4.78, 5) is 30.4. The van der Waals surface area contributed by atoms with Gasteiger partial charge in [0.15, 0.2) is 5.76 Å². The quantitative estimate of drug-likeness (QED) is 0.311. The molecule has 39 heavy (non-hydrogen) atoms. The van der Waals surface area contributed by atoms with E-state index in [-0.39, 0.29) is 18.2 Å². The lowest BCUT2D eigenvalue weighted by molar-refractivity contribution is 0.0915. The Labute approximate surface area is 227 Å². The third-order valence-electron chi connectivity index (χ3n) is 6.97. The van der Waals surface area contributed by atoms with E-state index < -0.39 is 12.0 Å². The number of nitrogens with one attached hydrogen (secondary N) is 2. The molecule has 0 bridgehead atoms. The number of nitrogens with zero attached hydrogens (tertiary/aromatic N) is 2. The second kappa shape index (κ2) is 11.9. The van der Waals surface area contributed by atoms with Crippen molar-refractivity contribution in [1.82, 2.24) is 5.32 Å². The molecule has 2 amide bonds. The van der Waals surface area contributed by atoms with E-state index in [1.807, 2.05) is 42.5 Å². The fraction of sp³-hybridized carbons (Fsp3) is 0.226. The summed E-state index contributed by atoms with van der Waals surface area (Å²) in [5.41, 5.74) is 4.94. The highest BCUT2D eigenvalue weighted by molar-refractivity contribution is 6.05. The van der Waals surface area contributed by atoms with E-state index >= 15 is 0 Å². The van der Waals surface area contributed by atoms with Crippen molar-refractivity contribution in [2.24, 2.45) is 0 Å². The van der Waals surface area contributed by atoms with Crippen LogP contribution in [0.2, 0.25) is 0 Å². The van der Waals surface area contributed by atoms with Gasteiger partial charge in [0.25, 0.3) is 11.8 Å². The molecule has 8 nitrogen and oxygen atoms in total. The van der Waals surface area contributed by atoms with Crippen LogP contribution in [0.15, 0.2) is 95.6 Å². The van der Waals surface area contributed by atoms with Gasteiger partial charge in [0.2, 0.25) is 0 Å². The zero-order valence-electron chi connectivity index (χ0n) is 21.8. The Morgan fingerprint density at radius 2 is 1.54 bits per heavy atom. The van der Waals surface area contributed by atoms with Crippen LogP contribution in [0.4, 0.5) is 17.1 Å². The van der Waals surface area contributed by atoms with E-state index in [4.69, 9.17) is 4.42 Å². The van der Waals surface area contributed by atoms with Crippen LogP contribution >= 0.6 is 0 Å². The lowest BCUT2D eigenvalue weighted by Gasteiger charge is -2.38. The third kappa shape index (κ3) is 6.13. The number of carbonyl (C=O) groups excluding carboxylic acids is 2. The largest absolute Gasteiger partial charge is 0.459 e. The first kappa shape index (κ1) is 26.1. The second-order valence-corrected chi connectivity index (χ2v) is 9.56. The van der Waals surface area contributed by atoms with Gasteiger partial charge in [-0.2, -0.15) is 0 Å². The maximum absolute atomic E-state index is 13.0. The van der Waals surface area contributed by atoms with Gasteiger partial charge in [-0.1, -0.05) is 48.5 Å². The zero-order chi connectivity index (χ0) is 27.2. The minimum atomic E-state index is -0.822. The minimum absolute atomic E-state index is 0.0690. The predicted molar refractivity (Wildman–Crippen MR) is 152 cm³/mol. The molecule has 0 saturated carbocycles. The van der Waals surface area contributed by atoms with Gasteiger partial charge in [0, 0.05) is 44.0 Å². The monoisotopic (exact) mass is 524 g/mol. The summed E-state index contributed by atoms with van der Waals surface area (Å²) < 4.78 is 5.27. The molecule has 2 heterocycles. The third-order valence-corrected chi connectivity index (χ3v) is 6.97. The van der Waals surface area contributed by atoms with Gasteiger partial charge < -0.3 is 30.0 Å². The highest BCUT2D eigenvalue weighted by Crippen LogP contribution is 2.30. The van der Waals surface area contributed by atoms with Crippen LogP contribution in [0.3, 0.4) is 0 Å². The summed E-state index contributed by atoms with van der Waals surface area (Å²) in [6.07, 6.45) is 0.625. The van der Waals surface area contributed by atoms with Crippen LogP contribution < -0.4 is 20.4 Å². The molecule has 0 unspecified atom stereocenters. The average Bonchev–Trinajstić information content (AvgIpc) is 3.52.